The number of carbonyl (C=O) groups is 2. The third-order valence-electron chi connectivity index (χ3n) is 3.86. The Morgan fingerprint density at radius 3 is 2.62 bits per heavy atom. The first-order valence-corrected chi connectivity index (χ1v) is 7.20. The van der Waals surface area contributed by atoms with Crippen LogP contribution < -0.4 is 10.1 Å². The molecule has 1 amide bonds. The number of amides is 1. The van der Waals surface area contributed by atoms with Crippen molar-refractivity contribution in [2.24, 2.45) is 5.92 Å². The third kappa shape index (κ3) is 5.04. The van der Waals surface area contributed by atoms with Crippen molar-refractivity contribution in [1.82, 2.24) is 4.90 Å². The van der Waals surface area contributed by atoms with Crippen LogP contribution in [0.5, 0.6) is 5.75 Å². The number of aliphatic carboxylic acids is 1. The lowest BCUT2D eigenvalue weighted by Gasteiger charge is -2.23. The predicted octanol–water partition coefficient (Wildman–Crippen LogP) is 2.44. The van der Waals surface area contributed by atoms with Crippen LogP contribution in [0.1, 0.15) is 13.3 Å². The number of rotatable bonds is 6. The number of anilines is 1. The molecule has 2 unspecified atom stereocenters. The maximum Gasteiger partial charge on any atom is 0.387 e. The molecule has 1 aliphatic rings. The van der Waals surface area contributed by atoms with E-state index in [2.05, 4.69) is 10.1 Å². The van der Waals surface area contributed by atoms with Gasteiger partial charge in [-0.2, -0.15) is 8.78 Å². The molecule has 6 nitrogen and oxygen atoms in total. The van der Waals surface area contributed by atoms with Crippen LogP contribution in [0.15, 0.2) is 24.3 Å². The van der Waals surface area contributed by atoms with Crippen LogP contribution in [-0.2, 0) is 9.59 Å². The highest BCUT2D eigenvalue weighted by molar-refractivity contribution is 5.95. The van der Waals surface area contributed by atoms with E-state index >= 15 is 0 Å². The molecule has 0 aliphatic carbocycles. The van der Waals surface area contributed by atoms with Crippen molar-refractivity contribution in [3.63, 3.8) is 0 Å². The highest BCUT2D eigenvalue weighted by Gasteiger charge is 2.33. The predicted molar refractivity (Wildman–Crippen MR) is 85.7 cm³/mol. The molecule has 0 saturated carbocycles. The van der Waals surface area contributed by atoms with E-state index in [9.17, 15) is 18.4 Å². The number of carboxylic acids is 1. The molecule has 0 spiro atoms. The van der Waals surface area contributed by atoms with Crippen LogP contribution in [0, 0.1) is 5.92 Å². The van der Waals surface area contributed by atoms with Gasteiger partial charge in [-0.25, -0.2) is 0 Å². The first-order chi connectivity index (χ1) is 10.9. The SMILES string of the molecule is CC(C(=O)Nc1ccccc1OC(F)F)N1CCC(C(=O)O)C1.Cl. The smallest absolute Gasteiger partial charge is 0.387 e. The largest absolute Gasteiger partial charge is 0.481 e. The average molecular weight is 365 g/mol. The standard InChI is InChI=1S/C15H18F2N2O4.ClH/c1-9(19-7-6-10(8-19)14(21)22)13(20)18-11-4-2-3-5-12(11)23-15(16)17;/h2-5,9-10,15H,6-8H2,1H3,(H,18,20)(H,21,22);1H. The molecule has 134 valence electrons. The van der Waals surface area contributed by atoms with E-state index in [4.69, 9.17) is 5.11 Å². The minimum Gasteiger partial charge on any atom is -0.481 e. The second kappa shape index (κ2) is 8.79. The Morgan fingerprint density at radius 1 is 1.38 bits per heavy atom. The summed E-state index contributed by atoms with van der Waals surface area (Å²) in [6.07, 6.45) is 0.484. The fourth-order valence-corrected chi connectivity index (χ4v) is 2.51. The van der Waals surface area contributed by atoms with Crippen molar-refractivity contribution >= 4 is 30.0 Å². The van der Waals surface area contributed by atoms with Crippen LogP contribution in [0.25, 0.3) is 0 Å². The molecule has 1 saturated heterocycles. The Bertz CT molecular complexity index is 588. The van der Waals surface area contributed by atoms with Gasteiger partial charge >= 0.3 is 12.6 Å². The van der Waals surface area contributed by atoms with Gasteiger partial charge in [-0.1, -0.05) is 12.1 Å². The normalized spacial score (nSPS) is 18.8. The molecule has 2 N–H and O–H groups in total. The van der Waals surface area contributed by atoms with E-state index < -0.39 is 30.4 Å². The van der Waals surface area contributed by atoms with Gasteiger partial charge in [0, 0.05) is 6.54 Å². The first-order valence-electron chi connectivity index (χ1n) is 7.20. The van der Waals surface area contributed by atoms with E-state index in [1.165, 1.54) is 18.2 Å². The van der Waals surface area contributed by atoms with Gasteiger partial charge in [-0.3, -0.25) is 14.5 Å². The minimum atomic E-state index is -2.99. The summed E-state index contributed by atoms with van der Waals surface area (Å²) < 4.78 is 29.1. The number of carbonyl (C=O) groups excluding carboxylic acids is 1. The maximum atomic E-state index is 12.4. The quantitative estimate of drug-likeness (QED) is 0.810. The molecule has 1 aromatic carbocycles. The maximum absolute atomic E-state index is 12.4. The summed E-state index contributed by atoms with van der Waals surface area (Å²) in [5.74, 6) is -1.88. The number of hydrogen-bond donors (Lipinski definition) is 2. The van der Waals surface area contributed by atoms with Gasteiger partial charge in [-0.05, 0) is 32.0 Å². The highest BCUT2D eigenvalue weighted by Crippen LogP contribution is 2.26. The van der Waals surface area contributed by atoms with E-state index in [1.807, 2.05) is 0 Å². The van der Waals surface area contributed by atoms with Crippen molar-refractivity contribution in [3.8, 4) is 5.75 Å². The zero-order valence-corrected chi connectivity index (χ0v) is 13.8. The fourth-order valence-electron chi connectivity index (χ4n) is 2.51. The average Bonchev–Trinajstić information content (AvgIpc) is 2.98. The number of hydrogen-bond acceptors (Lipinski definition) is 4. The summed E-state index contributed by atoms with van der Waals surface area (Å²) in [5, 5.41) is 11.5. The molecular weight excluding hydrogens is 346 g/mol. The molecule has 1 heterocycles. The number of ether oxygens (including phenoxy) is 1. The molecule has 1 fully saturated rings. The second-order valence-electron chi connectivity index (χ2n) is 5.36. The van der Waals surface area contributed by atoms with Crippen LogP contribution in [0.3, 0.4) is 0 Å². The molecule has 0 radical (unpaired) electrons. The molecule has 0 aromatic heterocycles. The van der Waals surface area contributed by atoms with Gasteiger partial charge in [0.05, 0.1) is 17.6 Å². The highest BCUT2D eigenvalue weighted by atomic mass is 35.5. The summed E-state index contributed by atoms with van der Waals surface area (Å²) in [7, 11) is 0. The lowest BCUT2D eigenvalue weighted by atomic mass is 10.1. The Hall–Kier alpha value is -1.93. The fraction of sp³-hybridized carbons (Fsp3) is 0.467. The van der Waals surface area contributed by atoms with E-state index in [1.54, 1.807) is 17.9 Å². The minimum absolute atomic E-state index is 0. The number of para-hydroxylation sites is 2. The Morgan fingerprint density at radius 2 is 2.04 bits per heavy atom. The molecule has 2 rings (SSSR count). The topological polar surface area (TPSA) is 78.9 Å². The van der Waals surface area contributed by atoms with Gasteiger partial charge in [0.25, 0.3) is 0 Å². The zero-order chi connectivity index (χ0) is 17.0. The van der Waals surface area contributed by atoms with Gasteiger partial charge in [0.2, 0.25) is 5.91 Å². The number of benzene rings is 1. The third-order valence-corrected chi connectivity index (χ3v) is 3.86. The van der Waals surface area contributed by atoms with Gasteiger partial charge in [0.15, 0.2) is 0 Å². The number of likely N-dealkylation sites (tertiary alicyclic amines) is 1. The summed E-state index contributed by atoms with van der Waals surface area (Å²) in [4.78, 5) is 25.0. The number of carboxylic acid groups (broad SMARTS) is 1. The van der Waals surface area contributed by atoms with Gasteiger partial charge < -0.3 is 15.2 Å². The van der Waals surface area contributed by atoms with Crippen molar-refractivity contribution < 1.29 is 28.2 Å². The van der Waals surface area contributed by atoms with Crippen molar-refractivity contribution in [2.75, 3.05) is 18.4 Å². The molecule has 1 aliphatic heterocycles. The van der Waals surface area contributed by atoms with E-state index in [0.29, 0.717) is 19.5 Å². The lowest BCUT2D eigenvalue weighted by Crippen LogP contribution is -2.41. The summed E-state index contributed by atoms with van der Waals surface area (Å²) in [6.45, 7) is -0.545. The molecule has 24 heavy (non-hydrogen) atoms. The van der Waals surface area contributed by atoms with Crippen molar-refractivity contribution in [1.29, 1.82) is 0 Å². The van der Waals surface area contributed by atoms with Crippen LogP contribution in [-0.4, -0.2) is 47.6 Å². The van der Waals surface area contributed by atoms with Crippen LogP contribution >= 0.6 is 12.4 Å². The number of alkyl halides is 2. The summed E-state index contributed by atoms with van der Waals surface area (Å²) in [6, 6.07) is 5.35. The van der Waals surface area contributed by atoms with Crippen LogP contribution in [0.4, 0.5) is 14.5 Å². The van der Waals surface area contributed by atoms with Crippen molar-refractivity contribution in [2.45, 2.75) is 26.0 Å². The zero-order valence-electron chi connectivity index (χ0n) is 12.9. The Labute approximate surface area is 144 Å². The molecule has 2 atom stereocenters. The molecule has 0 bridgehead atoms. The van der Waals surface area contributed by atoms with Crippen molar-refractivity contribution in [3.05, 3.63) is 24.3 Å². The monoisotopic (exact) mass is 364 g/mol. The number of halogens is 3. The molecule has 1 aromatic rings. The Kier molecular flexibility index (Phi) is 7.37. The Balaban J connectivity index is 0.00000288. The van der Waals surface area contributed by atoms with E-state index in [0.717, 1.165) is 0 Å². The molecule has 9 heteroatoms. The second-order valence-corrected chi connectivity index (χ2v) is 5.36. The number of nitrogens with zero attached hydrogens (tertiary/aromatic N) is 1. The summed E-state index contributed by atoms with van der Waals surface area (Å²) in [5.41, 5.74) is 0.152. The summed E-state index contributed by atoms with van der Waals surface area (Å²) >= 11 is 0. The lowest BCUT2D eigenvalue weighted by molar-refractivity contribution is -0.141. The van der Waals surface area contributed by atoms with E-state index in [-0.39, 0.29) is 23.8 Å². The van der Waals surface area contributed by atoms with Crippen LogP contribution in [0.2, 0.25) is 0 Å². The first kappa shape index (κ1) is 20.1. The van der Waals surface area contributed by atoms with Gasteiger partial charge in [-0.15, -0.1) is 12.4 Å². The molecular formula is C15H19ClF2N2O4. The number of nitrogens with one attached hydrogen (secondary N) is 1. The van der Waals surface area contributed by atoms with Gasteiger partial charge in [0.1, 0.15) is 5.75 Å².